The number of ketones is 1. The van der Waals surface area contributed by atoms with Crippen LogP contribution in [-0.4, -0.2) is 36.0 Å². The van der Waals surface area contributed by atoms with E-state index in [2.05, 4.69) is 16.1 Å². The van der Waals surface area contributed by atoms with Crippen molar-refractivity contribution in [3.63, 3.8) is 0 Å². The summed E-state index contributed by atoms with van der Waals surface area (Å²) >= 11 is 5.94. The first kappa shape index (κ1) is 15.6. The molecule has 7 heteroatoms. The smallest absolute Gasteiger partial charge is 0.446 e. The molecule has 0 aliphatic heterocycles. The van der Waals surface area contributed by atoms with Crippen molar-refractivity contribution in [3.8, 4) is 5.75 Å². The number of hydrogen-bond acceptors (Lipinski definition) is 4. The molecule has 0 aliphatic rings. The average molecular weight is 295 g/mol. The standard InChI is InChI=1S/C13H11ClN2O4/c1-3-7-20-12-8(5-4-6-9(12)14)11(17)10(16-15)13(18)19-2/h3-6H,1,7H2,2H3. The lowest BCUT2D eigenvalue weighted by molar-refractivity contribution is -0.137. The Hall–Kier alpha value is -2.43. The first-order valence-corrected chi connectivity index (χ1v) is 5.81. The van der Waals surface area contributed by atoms with E-state index >= 15 is 0 Å². The monoisotopic (exact) mass is 294 g/mol. The second kappa shape index (κ2) is 7.23. The summed E-state index contributed by atoms with van der Waals surface area (Å²) in [4.78, 5) is 26.2. The highest BCUT2D eigenvalue weighted by molar-refractivity contribution is 6.66. The van der Waals surface area contributed by atoms with Gasteiger partial charge in [0.25, 0.3) is 5.78 Å². The minimum atomic E-state index is -1.06. The first-order chi connectivity index (χ1) is 9.56. The topological polar surface area (TPSA) is 89.0 Å². The quantitative estimate of drug-likeness (QED) is 0.152. The van der Waals surface area contributed by atoms with Crippen LogP contribution in [0.2, 0.25) is 5.02 Å². The van der Waals surface area contributed by atoms with Gasteiger partial charge in [0.05, 0.1) is 17.7 Å². The molecule has 6 nitrogen and oxygen atoms in total. The number of rotatable bonds is 6. The number of carbonyl (C=O) groups is 2. The van der Waals surface area contributed by atoms with Crippen molar-refractivity contribution in [2.45, 2.75) is 0 Å². The molecule has 1 aromatic carbocycles. The van der Waals surface area contributed by atoms with Crippen LogP contribution in [0.1, 0.15) is 10.4 Å². The number of Topliss-reactive ketones (excluding diaryl/α,β-unsaturated/α-hetero) is 1. The van der Waals surface area contributed by atoms with Crippen LogP contribution in [0.5, 0.6) is 5.75 Å². The number of nitrogens with zero attached hydrogens (tertiary/aromatic N) is 2. The second-order valence-corrected chi connectivity index (χ2v) is 3.89. The summed E-state index contributed by atoms with van der Waals surface area (Å²) in [6.45, 7) is 3.60. The van der Waals surface area contributed by atoms with E-state index in [1.54, 1.807) is 0 Å². The molecule has 0 amide bonds. The van der Waals surface area contributed by atoms with E-state index in [-0.39, 0.29) is 22.9 Å². The molecule has 0 saturated heterocycles. The lowest BCUT2D eigenvalue weighted by atomic mass is 10.1. The predicted octanol–water partition coefficient (Wildman–Crippen LogP) is 1.93. The fourth-order valence-electron chi connectivity index (χ4n) is 1.38. The van der Waals surface area contributed by atoms with Gasteiger partial charge in [-0.15, -0.1) is 0 Å². The third-order valence-corrected chi connectivity index (χ3v) is 2.55. The van der Waals surface area contributed by atoms with Crippen molar-refractivity contribution in [2.75, 3.05) is 13.7 Å². The first-order valence-electron chi connectivity index (χ1n) is 5.44. The number of hydrogen-bond donors (Lipinski definition) is 0. The Morgan fingerprint density at radius 1 is 1.50 bits per heavy atom. The highest BCUT2D eigenvalue weighted by Gasteiger charge is 2.34. The molecule has 0 N–H and O–H groups in total. The molecular weight excluding hydrogens is 284 g/mol. The summed E-state index contributed by atoms with van der Waals surface area (Å²) in [7, 11) is 1.06. The van der Waals surface area contributed by atoms with E-state index in [1.165, 1.54) is 24.3 Å². The Kier molecular flexibility index (Phi) is 5.65. The zero-order valence-corrected chi connectivity index (χ0v) is 11.4. The summed E-state index contributed by atoms with van der Waals surface area (Å²) in [5.74, 6) is -1.85. The van der Waals surface area contributed by atoms with Crippen LogP contribution in [-0.2, 0) is 9.53 Å². The Morgan fingerprint density at radius 2 is 2.20 bits per heavy atom. The summed E-state index contributed by atoms with van der Waals surface area (Å²) in [6, 6.07) is 4.41. The van der Waals surface area contributed by atoms with Gasteiger partial charge in [-0.1, -0.05) is 30.3 Å². The molecule has 1 rings (SSSR count). The van der Waals surface area contributed by atoms with Crippen molar-refractivity contribution >= 4 is 29.1 Å². The Balaban J connectivity index is 3.28. The number of halogens is 1. The van der Waals surface area contributed by atoms with E-state index in [9.17, 15) is 9.59 Å². The third-order valence-electron chi connectivity index (χ3n) is 2.25. The van der Waals surface area contributed by atoms with Gasteiger partial charge in [-0.3, -0.25) is 4.79 Å². The van der Waals surface area contributed by atoms with E-state index < -0.39 is 17.5 Å². The Bertz CT molecular complexity index is 606. The lowest BCUT2D eigenvalue weighted by Gasteiger charge is -2.09. The van der Waals surface area contributed by atoms with E-state index in [0.29, 0.717) is 0 Å². The van der Waals surface area contributed by atoms with E-state index in [1.807, 2.05) is 0 Å². The number of carbonyl (C=O) groups excluding carboxylic acids is 2. The van der Waals surface area contributed by atoms with Crippen molar-refractivity contribution in [1.82, 2.24) is 0 Å². The summed E-state index contributed by atoms with van der Waals surface area (Å²) in [5, 5.41) is 0.180. The number of esters is 1. The van der Waals surface area contributed by atoms with Gasteiger partial charge in [-0.2, -0.15) is 4.79 Å². The fourth-order valence-corrected chi connectivity index (χ4v) is 1.61. The van der Waals surface area contributed by atoms with Gasteiger partial charge in [-0.25, -0.2) is 4.79 Å². The zero-order chi connectivity index (χ0) is 15.1. The number of methoxy groups -OCH3 is 1. The van der Waals surface area contributed by atoms with Crippen molar-refractivity contribution in [1.29, 1.82) is 0 Å². The summed E-state index contributed by atoms with van der Waals surface area (Å²) < 4.78 is 9.64. The Labute approximate surface area is 120 Å². The SMILES string of the molecule is C=CCOc1c(Cl)cccc1C(=O)C(=[N+]=[N-])C(=O)OC. The summed E-state index contributed by atoms with van der Waals surface area (Å²) in [5.41, 5.74) is 7.99. The molecular formula is C13H11ClN2O4. The van der Waals surface area contributed by atoms with Crippen molar-refractivity contribution in [2.24, 2.45) is 0 Å². The molecule has 1 aromatic rings. The van der Waals surface area contributed by atoms with Crippen LogP contribution in [0.4, 0.5) is 0 Å². The molecule has 0 atom stereocenters. The fraction of sp³-hybridized carbons (Fsp3) is 0.154. The maximum atomic E-state index is 12.2. The van der Waals surface area contributed by atoms with Crippen LogP contribution < -0.4 is 4.74 Å². The number of para-hydroxylation sites is 1. The molecule has 0 heterocycles. The number of ether oxygens (including phenoxy) is 2. The van der Waals surface area contributed by atoms with E-state index in [0.717, 1.165) is 7.11 Å². The third kappa shape index (κ3) is 3.32. The van der Waals surface area contributed by atoms with Crippen molar-refractivity contribution < 1.29 is 23.9 Å². The van der Waals surface area contributed by atoms with Gasteiger partial charge in [0.15, 0.2) is 0 Å². The molecule has 0 radical (unpaired) electrons. The maximum absolute atomic E-state index is 12.2. The molecule has 0 saturated carbocycles. The van der Waals surface area contributed by atoms with Gasteiger partial charge in [0.1, 0.15) is 12.4 Å². The van der Waals surface area contributed by atoms with Crippen LogP contribution in [0.3, 0.4) is 0 Å². The van der Waals surface area contributed by atoms with Gasteiger partial charge >= 0.3 is 11.7 Å². The highest BCUT2D eigenvalue weighted by atomic mass is 35.5. The zero-order valence-electron chi connectivity index (χ0n) is 10.6. The minimum absolute atomic E-state index is 0.0162. The molecule has 0 aromatic heterocycles. The molecule has 20 heavy (non-hydrogen) atoms. The van der Waals surface area contributed by atoms with Gasteiger partial charge in [0, 0.05) is 0 Å². The van der Waals surface area contributed by atoms with Gasteiger partial charge in [-0.05, 0) is 12.1 Å². The summed E-state index contributed by atoms with van der Waals surface area (Å²) in [6.07, 6.45) is 1.47. The molecule has 0 unspecified atom stereocenters. The molecule has 0 fully saturated rings. The molecule has 0 aliphatic carbocycles. The van der Waals surface area contributed by atoms with Crippen LogP contribution >= 0.6 is 11.6 Å². The predicted molar refractivity (Wildman–Crippen MR) is 72.1 cm³/mol. The normalized spacial score (nSPS) is 9.30. The van der Waals surface area contributed by atoms with Crippen LogP contribution in [0.25, 0.3) is 5.53 Å². The van der Waals surface area contributed by atoms with Crippen molar-refractivity contribution in [3.05, 3.63) is 47.0 Å². The highest BCUT2D eigenvalue weighted by Crippen LogP contribution is 2.29. The minimum Gasteiger partial charge on any atom is -0.487 e. The van der Waals surface area contributed by atoms with E-state index in [4.69, 9.17) is 21.9 Å². The second-order valence-electron chi connectivity index (χ2n) is 3.49. The van der Waals surface area contributed by atoms with Gasteiger partial charge in [0.2, 0.25) is 0 Å². The van der Waals surface area contributed by atoms with Crippen LogP contribution in [0, 0.1) is 0 Å². The maximum Gasteiger partial charge on any atom is 0.446 e. The van der Waals surface area contributed by atoms with Crippen LogP contribution in [0.15, 0.2) is 30.9 Å². The molecule has 104 valence electrons. The molecule has 0 spiro atoms. The average Bonchev–Trinajstić information content (AvgIpc) is 2.46. The largest absolute Gasteiger partial charge is 0.487 e. The number of benzene rings is 1. The molecule has 0 bridgehead atoms. The lowest BCUT2D eigenvalue weighted by Crippen LogP contribution is -2.27. The van der Waals surface area contributed by atoms with Gasteiger partial charge < -0.3 is 15.0 Å². The Morgan fingerprint density at radius 3 is 2.75 bits per heavy atom.